The molecule has 1 saturated carbocycles. The zero-order valence-corrected chi connectivity index (χ0v) is 18.4. The van der Waals surface area contributed by atoms with Crippen LogP contribution in [0, 0.1) is 0 Å². The lowest BCUT2D eigenvalue weighted by molar-refractivity contribution is 0.282. The normalized spacial score (nSPS) is 14.5. The maximum Gasteiger partial charge on any atom is 0.191 e. The van der Waals surface area contributed by atoms with Gasteiger partial charge in [0.05, 0.1) is 12.2 Å². The lowest BCUT2D eigenvalue weighted by Crippen LogP contribution is -2.42. The predicted molar refractivity (Wildman–Crippen MR) is 114 cm³/mol. The highest BCUT2D eigenvalue weighted by Gasteiger charge is 2.27. The first kappa shape index (κ1) is 22.2. The average Bonchev–Trinajstić information content (AvgIpc) is 3.36. The molecule has 0 radical (unpaired) electrons. The summed E-state index contributed by atoms with van der Waals surface area (Å²) in [5.41, 5.74) is 2.17. The monoisotopic (exact) mass is 463 g/mol. The molecule has 6 nitrogen and oxygen atoms in total. The maximum atomic E-state index is 5.42. The van der Waals surface area contributed by atoms with Crippen LogP contribution in [0.2, 0.25) is 0 Å². The summed E-state index contributed by atoms with van der Waals surface area (Å²) in [5.74, 6) is 1.83. The molecule has 1 fully saturated rings. The van der Waals surface area contributed by atoms with Crippen molar-refractivity contribution in [3.8, 4) is 0 Å². The van der Waals surface area contributed by atoms with E-state index in [1.807, 2.05) is 0 Å². The third-order valence-corrected chi connectivity index (χ3v) is 4.51. The van der Waals surface area contributed by atoms with Crippen molar-refractivity contribution in [1.82, 2.24) is 20.7 Å². The first-order chi connectivity index (χ1) is 11.7. The molecule has 7 heteroatoms. The number of guanidine groups is 1. The van der Waals surface area contributed by atoms with Gasteiger partial charge < -0.3 is 15.2 Å². The minimum atomic E-state index is 0. The number of hydrogen-bond acceptors (Lipinski definition) is 4. The molecule has 0 spiro atoms. The van der Waals surface area contributed by atoms with Crippen LogP contribution in [0.3, 0.4) is 0 Å². The minimum absolute atomic E-state index is 0. The van der Waals surface area contributed by atoms with Gasteiger partial charge in [-0.25, -0.2) is 4.99 Å². The third kappa shape index (κ3) is 6.77. The van der Waals surface area contributed by atoms with Crippen LogP contribution in [0.5, 0.6) is 0 Å². The molecule has 1 aromatic heterocycles. The Balaban J connectivity index is 0.00000312. The molecule has 1 heterocycles. The fourth-order valence-electron chi connectivity index (χ4n) is 2.97. The average molecular weight is 463 g/mol. The molecule has 144 valence electrons. The second-order valence-corrected chi connectivity index (χ2v) is 6.22. The highest BCUT2D eigenvalue weighted by Crippen LogP contribution is 2.25. The minimum Gasteiger partial charge on any atom is -0.361 e. The molecule has 2 N–H and O–H groups in total. The van der Waals surface area contributed by atoms with Gasteiger partial charge in [-0.05, 0) is 32.7 Å². The Labute approximate surface area is 169 Å². The van der Waals surface area contributed by atoms with Gasteiger partial charge in [0.25, 0.3) is 0 Å². The molecular formula is C18H34IN5O. The Morgan fingerprint density at radius 2 is 1.96 bits per heavy atom. The van der Waals surface area contributed by atoms with Crippen LogP contribution < -0.4 is 10.6 Å². The van der Waals surface area contributed by atoms with E-state index in [-0.39, 0.29) is 24.0 Å². The van der Waals surface area contributed by atoms with E-state index in [0.29, 0.717) is 6.54 Å². The lowest BCUT2D eigenvalue weighted by atomic mass is 10.1. The molecule has 25 heavy (non-hydrogen) atoms. The fraction of sp³-hybridized carbons (Fsp3) is 0.778. The molecule has 0 aromatic carbocycles. The van der Waals surface area contributed by atoms with Gasteiger partial charge >= 0.3 is 0 Å². The third-order valence-electron chi connectivity index (χ3n) is 4.51. The van der Waals surface area contributed by atoms with E-state index >= 15 is 0 Å². The number of hydrogen-bond donors (Lipinski definition) is 2. The van der Waals surface area contributed by atoms with E-state index in [2.05, 4.69) is 48.4 Å². The molecule has 0 amide bonds. The molecule has 1 aliphatic rings. The Hall–Kier alpha value is -0.830. The van der Waals surface area contributed by atoms with E-state index in [4.69, 9.17) is 9.52 Å². The summed E-state index contributed by atoms with van der Waals surface area (Å²) in [6.07, 6.45) is 4.45. The summed E-state index contributed by atoms with van der Waals surface area (Å²) in [7, 11) is 0. The number of halogens is 1. The van der Waals surface area contributed by atoms with Gasteiger partial charge in [-0.1, -0.05) is 25.9 Å². The van der Waals surface area contributed by atoms with Gasteiger partial charge in [0.2, 0.25) is 0 Å². The van der Waals surface area contributed by atoms with Crippen molar-refractivity contribution in [3.63, 3.8) is 0 Å². The van der Waals surface area contributed by atoms with Crippen LogP contribution in [0.4, 0.5) is 0 Å². The number of aliphatic imine (C=N–C) groups is 1. The highest BCUT2D eigenvalue weighted by atomic mass is 127. The number of nitrogens with one attached hydrogen (secondary N) is 2. The topological polar surface area (TPSA) is 65.7 Å². The molecule has 0 unspecified atom stereocenters. The van der Waals surface area contributed by atoms with E-state index in [1.165, 1.54) is 12.8 Å². The van der Waals surface area contributed by atoms with Crippen LogP contribution in [0.25, 0.3) is 0 Å². The Kier molecular flexibility index (Phi) is 10.4. The first-order valence-corrected chi connectivity index (χ1v) is 9.45. The van der Waals surface area contributed by atoms with Gasteiger partial charge in [0, 0.05) is 37.7 Å². The zero-order valence-electron chi connectivity index (χ0n) is 16.1. The molecule has 0 atom stereocenters. The summed E-state index contributed by atoms with van der Waals surface area (Å²) in [5, 5.41) is 10.9. The summed E-state index contributed by atoms with van der Waals surface area (Å²) >= 11 is 0. The van der Waals surface area contributed by atoms with Gasteiger partial charge in [-0.3, -0.25) is 4.90 Å². The van der Waals surface area contributed by atoms with Gasteiger partial charge in [0.15, 0.2) is 5.96 Å². The van der Waals surface area contributed by atoms with E-state index in [9.17, 15) is 0 Å². The van der Waals surface area contributed by atoms with Crippen molar-refractivity contribution >= 4 is 29.9 Å². The van der Waals surface area contributed by atoms with Crippen LogP contribution in [-0.4, -0.2) is 48.2 Å². The molecule has 0 aliphatic heterocycles. The number of aryl methyl sites for hydroxylation is 2. The van der Waals surface area contributed by atoms with Crippen molar-refractivity contribution < 1.29 is 4.52 Å². The zero-order chi connectivity index (χ0) is 17.4. The Morgan fingerprint density at radius 1 is 1.20 bits per heavy atom. The first-order valence-electron chi connectivity index (χ1n) is 9.45. The number of rotatable bonds is 10. The summed E-state index contributed by atoms with van der Waals surface area (Å²) < 4.78 is 5.42. The van der Waals surface area contributed by atoms with Crippen molar-refractivity contribution in [1.29, 1.82) is 0 Å². The summed E-state index contributed by atoms with van der Waals surface area (Å²) in [4.78, 5) is 7.27. The van der Waals surface area contributed by atoms with Crippen molar-refractivity contribution in [2.24, 2.45) is 4.99 Å². The Morgan fingerprint density at radius 3 is 2.52 bits per heavy atom. The van der Waals surface area contributed by atoms with E-state index < -0.39 is 0 Å². The summed E-state index contributed by atoms with van der Waals surface area (Å²) in [6.45, 7) is 13.1. The van der Waals surface area contributed by atoms with Crippen molar-refractivity contribution in [2.75, 3.05) is 26.2 Å². The largest absolute Gasteiger partial charge is 0.361 e. The number of likely N-dealkylation sites (N-methyl/N-ethyl adjacent to an activating group) is 1. The van der Waals surface area contributed by atoms with E-state index in [1.54, 1.807) is 0 Å². The van der Waals surface area contributed by atoms with Crippen molar-refractivity contribution in [3.05, 3.63) is 17.0 Å². The molecule has 0 saturated heterocycles. The highest BCUT2D eigenvalue weighted by molar-refractivity contribution is 14.0. The van der Waals surface area contributed by atoms with Crippen LogP contribution in [0.15, 0.2) is 9.52 Å². The predicted octanol–water partition coefficient (Wildman–Crippen LogP) is 2.96. The summed E-state index contributed by atoms with van der Waals surface area (Å²) in [6, 6.07) is 0.813. The van der Waals surface area contributed by atoms with Gasteiger partial charge in [-0.2, -0.15) is 0 Å². The quantitative estimate of drug-likeness (QED) is 0.317. The smallest absolute Gasteiger partial charge is 0.191 e. The van der Waals surface area contributed by atoms with Crippen LogP contribution >= 0.6 is 24.0 Å². The second kappa shape index (κ2) is 11.7. The van der Waals surface area contributed by atoms with Gasteiger partial charge in [-0.15, -0.1) is 24.0 Å². The van der Waals surface area contributed by atoms with Gasteiger partial charge in [0.1, 0.15) is 5.76 Å². The van der Waals surface area contributed by atoms with E-state index in [0.717, 1.165) is 68.0 Å². The SMILES string of the molecule is CCNC(=NCc1c(CC)noc1CC)NCCN(CC)C1CC1.I. The molecule has 0 bridgehead atoms. The molecule has 1 aromatic rings. The van der Waals surface area contributed by atoms with Crippen LogP contribution in [0.1, 0.15) is 57.6 Å². The van der Waals surface area contributed by atoms with Crippen LogP contribution in [-0.2, 0) is 19.4 Å². The second-order valence-electron chi connectivity index (χ2n) is 6.22. The molecular weight excluding hydrogens is 429 g/mol. The lowest BCUT2D eigenvalue weighted by Gasteiger charge is -2.20. The fourth-order valence-corrected chi connectivity index (χ4v) is 2.97. The Bertz CT molecular complexity index is 506. The number of nitrogens with zero attached hydrogens (tertiary/aromatic N) is 3. The number of aromatic nitrogens is 1. The standard InChI is InChI=1S/C18H33N5O.HI/c1-5-16-15(17(6-2)24-22-16)13-21-18(19-7-3)20-11-12-23(8-4)14-9-10-14;/h14H,5-13H2,1-4H3,(H2,19,20,21);1H. The molecule has 2 rings (SSSR count). The maximum absolute atomic E-state index is 5.42. The van der Waals surface area contributed by atoms with Crippen molar-refractivity contribution in [2.45, 2.75) is 66.0 Å². The molecule has 1 aliphatic carbocycles.